The van der Waals surface area contributed by atoms with Crippen LogP contribution < -0.4 is 4.46 Å². The quantitative estimate of drug-likeness (QED) is 0.723. The maximum absolute atomic E-state index is 11.0. The second kappa shape index (κ2) is 3.48. The summed E-state index contributed by atoms with van der Waals surface area (Å²) in [5.74, 6) is 0. The third-order valence-electron chi connectivity index (χ3n) is 1.78. The minimum absolute atomic E-state index is 0.639. The van der Waals surface area contributed by atoms with Gasteiger partial charge in [-0.05, 0) is 0 Å². The van der Waals surface area contributed by atoms with Gasteiger partial charge in [0.25, 0.3) is 0 Å². The van der Waals surface area contributed by atoms with E-state index in [1.807, 2.05) is 32.9 Å². The summed E-state index contributed by atoms with van der Waals surface area (Å²) in [5, 5.41) is 0. The van der Waals surface area contributed by atoms with E-state index >= 15 is 0 Å². The normalized spacial score (nSPS) is 13.0. The first-order chi connectivity index (χ1) is 5.52. The molecule has 0 saturated carbocycles. The molecule has 2 nitrogen and oxygen atoms in total. The molecule has 0 aromatic heterocycles. The Morgan fingerprint density at radius 2 is 1.58 bits per heavy atom. The van der Waals surface area contributed by atoms with Gasteiger partial charge in [-0.25, -0.2) is 0 Å². The zero-order valence-electron chi connectivity index (χ0n) is 7.42. The fourth-order valence-electron chi connectivity index (χ4n) is 1.44. The van der Waals surface area contributed by atoms with E-state index in [0.29, 0.717) is 4.46 Å². The summed E-state index contributed by atoms with van der Waals surface area (Å²) in [6.45, 7) is 5.74. The summed E-state index contributed by atoms with van der Waals surface area (Å²) < 4.78 is 20.6. The van der Waals surface area contributed by atoms with Crippen LogP contribution in [-0.4, -0.2) is 18.4 Å². The Labute approximate surface area is 76.6 Å². The molecule has 1 aromatic carbocycles. The molecule has 0 aliphatic rings. The Morgan fingerprint density at radius 1 is 1.17 bits per heavy atom. The van der Waals surface area contributed by atoms with E-state index in [0.717, 1.165) is 16.7 Å². The van der Waals surface area contributed by atoms with Crippen molar-refractivity contribution in [3.05, 3.63) is 28.8 Å². The van der Waals surface area contributed by atoms with Crippen LogP contribution in [0.25, 0.3) is 0 Å². The first kappa shape index (κ1) is 9.59. The molecule has 3 heteroatoms. The minimum atomic E-state index is -2.75. The van der Waals surface area contributed by atoms with Crippen molar-refractivity contribution in [2.75, 3.05) is 0 Å². The van der Waals surface area contributed by atoms with E-state index in [9.17, 15) is 3.83 Å². The molecular weight excluding hydrogens is 219 g/mol. The summed E-state index contributed by atoms with van der Waals surface area (Å²) in [4.78, 5) is 0. The van der Waals surface area contributed by atoms with Gasteiger partial charge < -0.3 is 0 Å². The van der Waals surface area contributed by atoms with Gasteiger partial charge in [-0.15, -0.1) is 0 Å². The fraction of sp³-hybridized carbons (Fsp3) is 0.333. The molecule has 0 bridgehead atoms. The topological polar surface area (TPSA) is 37.3 Å². The molecule has 12 heavy (non-hydrogen) atoms. The van der Waals surface area contributed by atoms with Crippen LogP contribution in [0.4, 0.5) is 0 Å². The van der Waals surface area contributed by atoms with Crippen molar-refractivity contribution in [1.82, 2.24) is 0 Å². The van der Waals surface area contributed by atoms with Crippen molar-refractivity contribution >= 4 is 18.6 Å². The number of benzene rings is 1. The molecule has 1 atom stereocenters. The number of hydrogen-bond acceptors (Lipinski definition) is 1. The van der Waals surface area contributed by atoms with E-state index in [1.165, 1.54) is 0 Å². The van der Waals surface area contributed by atoms with Crippen LogP contribution in [0.5, 0.6) is 0 Å². The molecule has 0 saturated heterocycles. The van der Waals surface area contributed by atoms with E-state index < -0.39 is 14.2 Å². The van der Waals surface area contributed by atoms with E-state index in [4.69, 9.17) is 4.19 Å². The monoisotopic (exact) mass is 232 g/mol. The Bertz CT molecular complexity index is 308. The van der Waals surface area contributed by atoms with Crippen LogP contribution in [0.3, 0.4) is 0 Å². The fourth-order valence-corrected chi connectivity index (χ4v) is 2.85. The molecule has 0 spiro atoms. The Morgan fingerprint density at radius 3 is 1.92 bits per heavy atom. The van der Waals surface area contributed by atoms with Crippen LogP contribution in [-0.2, 0) is 3.83 Å². The summed E-state index contributed by atoms with van der Waals surface area (Å²) in [5.41, 5.74) is 2.99. The number of aryl methyl sites for hydroxylation is 3. The molecule has 1 aromatic rings. The van der Waals surface area contributed by atoms with Crippen LogP contribution in [0.1, 0.15) is 16.7 Å². The van der Waals surface area contributed by atoms with E-state index in [1.54, 1.807) is 0 Å². The average Bonchev–Trinajstić information content (AvgIpc) is 1.82. The molecule has 0 aliphatic heterocycles. The van der Waals surface area contributed by atoms with Crippen LogP contribution in [0.15, 0.2) is 12.1 Å². The van der Waals surface area contributed by atoms with Gasteiger partial charge in [0.15, 0.2) is 0 Å². The van der Waals surface area contributed by atoms with Crippen molar-refractivity contribution in [3.63, 3.8) is 0 Å². The Kier molecular flexibility index (Phi) is 2.78. The summed E-state index contributed by atoms with van der Waals surface area (Å²) >= 11 is -2.75. The first-order valence-electron chi connectivity index (χ1n) is 3.71. The maximum atomic E-state index is 11.0. The van der Waals surface area contributed by atoms with Gasteiger partial charge in [0.2, 0.25) is 0 Å². The zero-order valence-corrected chi connectivity index (χ0v) is 9.13. The standard InChI is InChI=1S/C9H12O2Se/c1-6-4-7(2)9(12(10)11)8(3)5-6/h4-5H,1-3H3,(H,10,11). The average molecular weight is 231 g/mol. The molecule has 1 unspecified atom stereocenters. The Hall–Kier alpha value is -0.501. The second-order valence-corrected chi connectivity index (χ2v) is 4.88. The molecule has 0 fully saturated rings. The molecule has 1 rings (SSSR count). The first-order valence-corrected chi connectivity index (χ1v) is 6.03. The van der Waals surface area contributed by atoms with Gasteiger partial charge in [-0.1, -0.05) is 0 Å². The molecule has 0 aliphatic carbocycles. The molecule has 0 amide bonds. The van der Waals surface area contributed by atoms with Crippen LogP contribution in [0.2, 0.25) is 0 Å². The molecule has 0 radical (unpaired) electrons. The van der Waals surface area contributed by atoms with Crippen molar-refractivity contribution in [2.24, 2.45) is 0 Å². The van der Waals surface area contributed by atoms with Crippen molar-refractivity contribution in [1.29, 1.82) is 0 Å². The van der Waals surface area contributed by atoms with Gasteiger partial charge >= 0.3 is 76.2 Å². The zero-order chi connectivity index (χ0) is 9.30. The third kappa shape index (κ3) is 1.80. The summed E-state index contributed by atoms with van der Waals surface area (Å²) in [7, 11) is 0. The number of rotatable bonds is 1. The van der Waals surface area contributed by atoms with E-state index in [2.05, 4.69) is 0 Å². The molecular formula is C9H12O2Se. The van der Waals surface area contributed by atoms with Gasteiger partial charge in [0.1, 0.15) is 0 Å². The number of hydrogen-bond donors (Lipinski definition) is 1. The Balaban J connectivity index is 3.38. The van der Waals surface area contributed by atoms with Crippen molar-refractivity contribution in [2.45, 2.75) is 20.8 Å². The van der Waals surface area contributed by atoms with Crippen molar-refractivity contribution < 1.29 is 8.02 Å². The van der Waals surface area contributed by atoms with Gasteiger partial charge in [-0.2, -0.15) is 0 Å². The predicted molar refractivity (Wildman–Crippen MR) is 48.9 cm³/mol. The van der Waals surface area contributed by atoms with Gasteiger partial charge in [0.05, 0.1) is 0 Å². The third-order valence-corrected chi connectivity index (χ3v) is 3.86. The summed E-state index contributed by atoms with van der Waals surface area (Å²) in [6, 6.07) is 3.87. The van der Waals surface area contributed by atoms with Crippen LogP contribution >= 0.6 is 0 Å². The van der Waals surface area contributed by atoms with Crippen LogP contribution in [0, 0.1) is 20.8 Å². The van der Waals surface area contributed by atoms with Gasteiger partial charge in [-0.3, -0.25) is 0 Å². The van der Waals surface area contributed by atoms with E-state index in [-0.39, 0.29) is 0 Å². The summed E-state index contributed by atoms with van der Waals surface area (Å²) in [6.07, 6.45) is 0. The second-order valence-electron chi connectivity index (χ2n) is 2.98. The molecule has 0 heterocycles. The predicted octanol–water partition coefficient (Wildman–Crippen LogP) is 0.730. The van der Waals surface area contributed by atoms with Crippen molar-refractivity contribution in [3.8, 4) is 0 Å². The SMILES string of the molecule is Cc1cc(C)c([Se](=O)O)c(C)c1. The van der Waals surface area contributed by atoms with Gasteiger partial charge in [0, 0.05) is 0 Å². The molecule has 1 N–H and O–H groups in total. The molecule has 66 valence electrons.